The number of carbonyl (C=O) groups is 1. The Kier molecular flexibility index (Phi) is 6.76. The van der Waals surface area contributed by atoms with Crippen molar-refractivity contribution in [1.29, 1.82) is 0 Å². The number of hydrogen-bond donors (Lipinski definition) is 1. The second kappa shape index (κ2) is 9.70. The fourth-order valence-electron chi connectivity index (χ4n) is 5.34. The Morgan fingerprint density at radius 2 is 1.72 bits per heavy atom. The average molecular weight is 427 g/mol. The van der Waals surface area contributed by atoms with Gasteiger partial charge in [0.05, 0.1) is 0 Å². The van der Waals surface area contributed by atoms with Crippen LogP contribution in [0.2, 0.25) is 0 Å². The molecule has 0 aromatic heterocycles. The van der Waals surface area contributed by atoms with Crippen molar-refractivity contribution >= 4 is 5.91 Å². The number of amides is 1. The van der Waals surface area contributed by atoms with Crippen molar-refractivity contribution in [2.45, 2.75) is 39.0 Å². The summed E-state index contributed by atoms with van der Waals surface area (Å²) >= 11 is 0. The maximum absolute atomic E-state index is 11.9. The number of nitrogens with two attached hydrogens (primary N) is 1. The van der Waals surface area contributed by atoms with Crippen LogP contribution in [-0.2, 0) is 19.3 Å². The zero-order chi connectivity index (χ0) is 22.6. The van der Waals surface area contributed by atoms with Crippen molar-refractivity contribution in [3.63, 3.8) is 0 Å². The van der Waals surface area contributed by atoms with Crippen LogP contribution in [0.3, 0.4) is 0 Å². The molecular weight excluding hydrogens is 392 g/mol. The van der Waals surface area contributed by atoms with Crippen molar-refractivity contribution in [3.05, 3.63) is 107 Å². The molecule has 0 fully saturated rings. The molecule has 2 N–H and O–H groups in total. The summed E-state index contributed by atoms with van der Waals surface area (Å²) in [6, 6.07) is 27.5. The van der Waals surface area contributed by atoms with E-state index < -0.39 is 0 Å². The first-order valence-electron chi connectivity index (χ1n) is 11.7. The van der Waals surface area contributed by atoms with Gasteiger partial charge in [-0.05, 0) is 71.5 Å². The SMILES string of the molecule is CCN(CCc1ccccc1)C[C@@]1(C)Cc2ccccc2C[C@H]1c1cccc(C(N)=O)c1. The van der Waals surface area contributed by atoms with Gasteiger partial charge in [0.1, 0.15) is 0 Å². The zero-order valence-electron chi connectivity index (χ0n) is 19.3. The minimum atomic E-state index is -0.359. The predicted octanol–water partition coefficient (Wildman–Crippen LogP) is 5.24. The van der Waals surface area contributed by atoms with E-state index >= 15 is 0 Å². The Morgan fingerprint density at radius 1 is 1.00 bits per heavy atom. The van der Waals surface area contributed by atoms with Gasteiger partial charge in [0, 0.05) is 18.7 Å². The highest BCUT2D eigenvalue weighted by atomic mass is 16.1. The highest BCUT2D eigenvalue weighted by Gasteiger charge is 2.40. The molecule has 0 saturated carbocycles. The Labute approximate surface area is 192 Å². The van der Waals surface area contributed by atoms with Crippen molar-refractivity contribution < 1.29 is 4.79 Å². The Balaban J connectivity index is 1.62. The van der Waals surface area contributed by atoms with Gasteiger partial charge in [-0.15, -0.1) is 0 Å². The molecule has 2 atom stereocenters. The summed E-state index contributed by atoms with van der Waals surface area (Å²) in [6.07, 6.45) is 3.09. The summed E-state index contributed by atoms with van der Waals surface area (Å²) in [6.45, 7) is 7.78. The van der Waals surface area contributed by atoms with Gasteiger partial charge in [0.2, 0.25) is 5.91 Å². The van der Waals surface area contributed by atoms with Crippen LogP contribution >= 0.6 is 0 Å². The first-order chi connectivity index (χ1) is 15.5. The van der Waals surface area contributed by atoms with Gasteiger partial charge in [-0.2, -0.15) is 0 Å². The number of nitrogens with zero attached hydrogens (tertiary/aromatic N) is 1. The molecule has 0 spiro atoms. The zero-order valence-corrected chi connectivity index (χ0v) is 19.3. The van der Waals surface area contributed by atoms with Crippen LogP contribution in [0.5, 0.6) is 0 Å². The van der Waals surface area contributed by atoms with Crippen LogP contribution in [0.4, 0.5) is 0 Å². The third-order valence-corrected chi connectivity index (χ3v) is 7.14. The second-order valence-electron chi connectivity index (χ2n) is 9.45. The fraction of sp³-hybridized carbons (Fsp3) is 0.345. The summed E-state index contributed by atoms with van der Waals surface area (Å²) in [5.41, 5.74) is 11.8. The molecule has 3 aromatic carbocycles. The minimum Gasteiger partial charge on any atom is -0.366 e. The fourth-order valence-corrected chi connectivity index (χ4v) is 5.34. The van der Waals surface area contributed by atoms with Crippen LogP contribution in [0.1, 0.15) is 52.4 Å². The summed E-state index contributed by atoms with van der Waals surface area (Å²) in [5.74, 6) is -0.0229. The standard InChI is InChI=1S/C29H34N2O/c1-3-31(17-16-22-10-5-4-6-11-22)21-29(2)20-26-13-8-7-12-23(26)19-27(29)24-14-9-15-25(18-24)28(30)32/h4-15,18,27H,3,16-17,19-21H2,1-2H3,(H2,30,32)/t27-,29+/m0/s1. The van der Waals surface area contributed by atoms with Gasteiger partial charge in [-0.3, -0.25) is 4.79 Å². The molecule has 0 unspecified atom stereocenters. The van der Waals surface area contributed by atoms with Crippen molar-refractivity contribution in [3.8, 4) is 0 Å². The molecule has 1 aliphatic carbocycles. The van der Waals surface area contributed by atoms with Gasteiger partial charge in [0.15, 0.2) is 0 Å². The van der Waals surface area contributed by atoms with Crippen LogP contribution in [0, 0.1) is 5.41 Å². The first kappa shape index (κ1) is 22.3. The predicted molar refractivity (Wildman–Crippen MR) is 132 cm³/mol. The summed E-state index contributed by atoms with van der Waals surface area (Å²) < 4.78 is 0. The van der Waals surface area contributed by atoms with Crippen molar-refractivity contribution in [2.75, 3.05) is 19.6 Å². The minimum absolute atomic E-state index is 0.0668. The van der Waals surface area contributed by atoms with E-state index in [0.717, 1.165) is 38.9 Å². The molecule has 0 radical (unpaired) electrons. The maximum Gasteiger partial charge on any atom is 0.248 e. The van der Waals surface area contributed by atoms with E-state index in [9.17, 15) is 4.79 Å². The number of hydrogen-bond acceptors (Lipinski definition) is 2. The van der Waals surface area contributed by atoms with Gasteiger partial charge < -0.3 is 10.6 Å². The second-order valence-corrected chi connectivity index (χ2v) is 9.45. The number of benzene rings is 3. The molecule has 0 heterocycles. The Morgan fingerprint density at radius 3 is 2.44 bits per heavy atom. The lowest BCUT2D eigenvalue weighted by Gasteiger charge is -2.45. The van der Waals surface area contributed by atoms with Gasteiger partial charge in [-0.25, -0.2) is 0 Å². The van der Waals surface area contributed by atoms with E-state index in [-0.39, 0.29) is 11.3 Å². The Bertz CT molecular complexity index is 1060. The highest BCUT2D eigenvalue weighted by molar-refractivity contribution is 5.92. The van der Waals surface area contributed by atoms with Crippen molar-refractivity contribution in [2.24, 2.45) is 11.1 Å². The number of fused-ring (bicyclic) bond motifs is 1. The molecule has 1 amide bonds. The Hall–Kier alpha value is -2.91. The van der Waals surface area contributed by atoms with E-state index in [0.29, 0.717) is 11.5 Å². The van der Waals surface area contributed by atoms with Crippen LogP contribution < -0.4 is 5.73 Å². The molecule has 1 aliphatic rings. The monoisotopic (exact) mass is 426 g/mol. The topological polar surface area (TPSA) is 46.3 Å². The largest absolute Gasteiger partial charge is 0.366 e. The van der Waals surface area contributed by atoms with Gasteiger partial charge in [-0.1, -0.05) is 80.6 Å². The molecule has 0 aliphatic heterocycles. The molecule has 32 heavy (non-hydrogen) atoms. The summed E-state index contributed by atoms with van der Waals surface area (Å²) in [5, 5.41) is 0. The number of likely N-dealkylation sites (N-methyl/N-ethyl adjacent to an activating group) is 1. The lowest BCUT2D eigenvalue weighted by molar-refractivity contribution is 0.0999. The number of primary amides is 1. The quantitative estimate of drug-likeness (QED) is 0.535. The third kappa shape index (κ3) is 4.94. The first-order valence-corrected chi connectivity index (χ1v) is 11.7. The molecule has 3 nitrogen and oxygen atoms in total. The van der Waals surface area contributed by atoms with Crippen LogP contribution in [0.25, 0.3) is 0 Å². The third-order valence-electron chi connectivity index (χ3n) is 7.14. The normalized spacial score (nSPS) is 20.2. The molecule has 166 valence electrons. The molecule has 3 aromatic rings. The van der Waals surface area contributed by atoms with E-state index in [1.165, 1.54) is 22.3 Å². The van der Waals surface area contributed by atoms with Crippen molar-refractivity contribution in [1.82, 2.24) is 4.90 Å². The smallest absolute Gasteiger partial charge is 0.248 e. The number of carbonyl (C=O) groups excluding carboxylic acids is 1. The lowest BCUT2D eigenvalue weighted by Crippen LogP contribution is -2.44. The molecule has 0 bridgehead atoms. The molecule has 0 saturated heterocycles. The van der Waals surface area contributed by atoms with Crippen LogP contribution in [0.15, 0.2) is 78.9 Å². The van der Waals surface area contributed by atoms with Gasteiger partial charge in [0.25, 0.3) is 0 Å². The van der Waals surface area contributed by atoms with E-state index in [2.05, 4.69) is 79.4 Å². The highest BCUT2D eigenvalue weighted by Crippen LogP contribution is 2.46. The lowest BCUT2D eigenvalue weighted by atomic mass is 9.62. The number of rotatable bonds is 8. The molecular formula is C29H34N2O. The van der Waals surface area contributed by atoms with Gasteiger partial charge >= 0.3 is 0 Å². The summed E-state index contributed by atoms with van der Waals surface area (Å²) in [7, 11) is 0. The molecule has 3 heteroatoms. The average Bonchev–Trinajstić information content (AvgIpc) is 2.82. The van der Waals surface area contributed by atoms with E-state index in [1.54, 1.807) is 0 Å². The van der Waals surface area contributed by atoms with Crippen LogP contribution in [-0.4, -0.2) is 30.4 Å². The summed E-state index contributed by atoms with van der Waals surface area (Å²) in [4.78, 5) is 14.4. The van der Waals surface area contributed by atoms with E-state index in [4.69, 9.17) is 5.73 Å². The van der Waals surface area contributed by atoms with E-state index in [1.807, 2.05) is 18.2 Å². The molecule has 4 rings (SSSR count). The maximum atomic E-state index is 11.9.